The summed E-state index contributed by atoms with van der Waals surface area (Å²) in [7, 11) is 2.17. The fourth-order valence-electron chi connectivity index (χ4n) is 3.63. The van der Waals surface area contributed by atoms with Gasteiger partial charge in [-0.05, 0) is 36.6 Å². The number of methoxy groups -OCH3 is 1. The van der Waals surface area contributed by atoms with Crippen molar-refractivity contribution in [1.29, 1.82) is 0 Å². The van der Waals surface area contributed by atoms with Crippen LogP contribution in [-0.2, 0) is 15.3 Å². The lowest BCUT2D eigenvalue weighted by Gasteiger charge is -2.35. The van der Waals surface area contributed by atoms with Crippen LogP contribution in [0.2, 0.25) is 0 Å². The molecule has 0 aromatic heterocycles. The number of aliphatic hydroxyl groups is 1. The maximum atomic E-state index is 10.3. The van der Waals surface area contributed by atoms with Gasteiger partial charge in [-0.25, -0.2) is 0 Å². The Hall–Kier alpha value is -1.41. The molecule has 0 saturated carbocycles. The highest BCUT2D eigenvalue weighted by Gasteiger charge is 2.33. The van der Waals surface area contributed by atoms with Crippen molar-refractivity contribution in [3.05, 3.63) is 58.7 Å². The van der Waals surface area contributed by atoms with E-state index in [2.05, 4.69) is 65.8 Å². The Bertz CT molecular complexity index is 823. The van der Waals surface area contributed by atoms with E-state index in [1.54, 1.807) is 7.11 Å². The Morgan fingerprint density at radius 2 is 1.69 bits per heavy atom. The van der Waals surface area contributed by atoms with E-state index in [0.29, 0.717) is 8.58 Å². The van der Waals surface area contributed by atoms with E-state index in [-0.39, 0.29) is 17.4 Å². The largest absolute Gasteiger partial charge is 0.467 e. The maximum absolute atomic E-state index is 10.3. The SMILES string of the molecule is CCC(C)(Pc1ccccc1C(C)O)c1cc(C)cc(C(C)(C)C)c1OCOC. The van der Waals surface area contributed by atoms with Crippen molar-refractivity contribution in [3.8, 4) is 5.75 Å². The van der Waals surface area contributed by atoms with Gasteiger partial charge >= 0.3 is 0 Å². The van der Waals surface area contributed by atoms with E-state index in [4.69, 9.17) is 9.47 Å². The first-order chi connectivity index (χ1) is 13.5. The van der Waals surface area contributed by atoms with Gasteiger partial charge in [0, 0.05) is 23.4 Å². The molecule has 0 radical (unpaired) electrons. The van der Waals surface area contributed by atoms with Crippen LogP contribution in [0.15, 0.2) is 36.4 Å². The normalized spacial score (nSPS) is 15.5. The third-order valence-electron chi connectivity index (χ3n) is 5.49. The van der Waals surface area contributed by atoms with Crippen LogP contribution in [0.5, 0.6) is 5.75 Å². The van der Waals surface area contributed by atoms with Crippen LogP contribution in [0, 0.1) is 6.92 Å². The Morgan fingerprint density at radius 3 is 2.24 bits per heavy atom. The highest BCUT2D eigenvalue weighted by Crippen LogP contribution is 2.50. The van der Waals surface area contributed by atoms with Crippen LogP contribution >= 0.6 is 8.58 Å². The van der Waals surface area contributed by atoms with Gasteiger partial charge in [-0.1, -0.05) is 85.2 Å². The first kappa shape index (κ1) is 23.9. The minimum absolute atomic E-state index is 0.0425. The van der Waals surface area contributed by atoms with E-state index in [1.807, 2.05) is 19.1 Å². The minimum Gasteiger partial charge on any atom is -0.467 e. The van der Waals surface area contributed by atoms with Gasteiger partial charge in [0.05, 0.1) is 6.10 Å². The molecule has 0 aliphatic rings. The summed E-state index contributed by atoms with van der Waals surface area (Å²) in [6.07, 6.45) is 0.488. The first-order valence-electron chi connectivity index (χ1n) is 10.4. The third-order valence-corrected chi connectivity index (χ3v) is 7.38. The zero-order valence-corrected chi connectivity index (χ0v) is 20.2. The van der Waals surface area contributed by atoms with Gasteiger partial charge in [0.15, 0.2) is 6.79 Å². The van der Waals surface area contributed by atoms with E-state index in [9.17, 15) is 5.11 Å². The fourth-order valence-corrected chi connectivity index (χ4v) is 5.34. The molecule has 0 aliphatic heterocycles. The Kier molecular flexibility index (Phi) is 7.90. The Balaban J connectivity index is 2.66. The van der Waals surface area contributed by atoms with Gasteiger partial charge in [-0.15, -0.1) is 0 Å². The molecule has 0 fully saturated rings. The molecular weight excluding hydrogens is 379 g/mol. The molecule has 0 spiro atoms. The average Bonchev–Trinajstić information content (AvgIpc) is 2.65. The first-order valence-corrected chi connectivity index (χ1v) is 11.4. The number of ether oxygens (including phenoxy) is 2. The number of benzene rings is 2. The van der Waals surface area contributed by atoms with Crippen LogP contribution in [0.3, 0.4) is 0 Å². The lowest BCUT2D eigenvalue weighted by molar-refractivity contribution is 0.0487. The summed E-state index contributed by atoms with van der Waals surface area (Å²) in [6, 6.07) is 12.7. The molecule has 29 heavy (non-hydrogen) atoms. The Labute approximate surface area is 178 Å². The zero-order valence-electron chi connectivity index (χ0n) is 19.2. The topological polar surface area (TPSA) is 38.7 Å². The second-order valence-corrected chi connectivity index (χ2v) is 11.0. The van der Waals surface area contributed by atoms with Crippen molar-refractivity contribution >= 4 is 13.9 Å². The summed E-state index contributed by atoms with van der Waals surface area (Å²) < 4.78 is 11.5. The monoisotopic (exact) mass is 416 g/mol. The molecule has 1 N–H and O–H groups in total. The molecule has 3 nitrogen and oxygen atoms in total. The summed E-state index contributed by atoms with van der Waals surface area (Å²) in [5.41, 5.74) is 4.63. The smallest absolute Gasteiger partial charge is 0.188 e. The predicted octanol–water partition coefficient (Wildman–Crippen LogP) is 5.96. The lowest BCUT2D eigenvalue weighted by Crippen LogP contribution is -2.24. The summed E-state index contributed by atoms with van der Waals surface area (Å²) in [5.74, 6) is 0.941. The second-order valence-electron chi connectivity index (χ2n) is 9.06. The van der Waals surface area contributed by atoms with E-state index in [1.165, 1.54) is 22.0 Å². The number of rotatable bonds is 8. The standard InChI is InChI=1S/C25H37O3P/c1-9-25(7,29-22-13-11-10-12-19(22)18(3)26)21-15-17(2)14-20(24(4,5)6)23(21)28-16-27-8/h10-15,18,26,29H,9,16H2,1-8H3. The van der Waals surface area contributed by atoms with Gasteiger partial charge in [0.1, 0.15) is 5.75 Å². The van der Waals surface area contributed by atoms with Crippen LogP contribution in [-0.4, -0.2) is 19.0 Å². The molecule has 0 aliphatic carbocycles. The summed E-state index contributed by atoms with van der Waals surface area (Å²) in [6.45, 7) is 15.4. The molecule has 0 heterocycles. The van der Waals surface area contributed by atoms with Crippen molar-refractivity contribution < 1.29 is 14.6 Å². The number of aliphatic hydroxyl groups excluding tert-OH is 1. The van der Waals surface area contributed by atoms with Crippen LogP contribution in [0.25, 0.3) is 0 Å². The van der Waals surface area contributed by atoms with Gasteiger partial charge in [-0.2, -0.15) is 0 Å². The fraction of sp³-hybridized carbons (Fsp3) is 0.520. The van der Waals surface area contributed by atoms with E-state index in [0.717, 1.165) is 17.7 Å². The molecule has 2 rings (SSSR count). The molecule has 3 atom stereocenters. The predicted molar refractivity (Wildman–Crippen MR) is 125 cm³/mol. The second kappa shape index (κ2) is 9.60. The molecule has 2 aromatic carbocycles. The average molecular weight is 417 g/mol. The lowest BCUT2D eigenvalue weighted by atomic mass is 9.81. The number of hydrogen-bond acceptors (Lipinski definition) is 3. The molecule has 4 heteroatoms. The van der Waals surface area contributed by atoms with Crippen LogP contribution in [0.4, 0.5) is 0 Å². The van der Waals surface area contributed by atoms with Gasteiger partial charge < -0.3 is 14.6 Å². The van der Waals surface area contributed by atoms with E-state index >= 15 is 0 Å². The quantitative estimate of drug-likeness (QED) is 0.426. The summed E-state index contributed by atoms with van der Waals surface area (Å²) in [4.78, 5) is 0. The third kappa shape index (κ3) is 5.60. The van der Waals surface area contributed by atoms with Gasteiger partial charge in [-0.3, -0.25) is 0 Å². The molecule has 0 amide bonds. The highest BCUT2D eigenvalue weighted by molar-refractivity contribution is 7.48. The van der Waals surface area contributed by atoms with Crippen molar-refractivity contribution in [2.45, 2.75) is 71.6 Å². The van der Waals surface area contributed by atoms with Crippen molar-refractivity contribution in [2.75, 3.05) is 13.9 Å². The van der Waals surface area contributed by atoms with Crippen molar-refractivity contribution in [1.82, 2.24) is 0 Å². The summed E-state index contributed by atoms with van der Waals surface area (Å²) in [5, 5.41) is 11.4. The van der Waals surface area contributed by atoms with Crippen molar-refractivity contribution in [3.63, 3.8) is 0 Å². The van der Waals surface area contributed by atoms with Gasteiger partial charge in [0.25, 0.3) is 0 Å². The summed E-state index contributed by atoms with van der Waals surface area (Å²) >= 11 is 0. The van der Waals surface area contributed by atoms with Crippen molar-refractivity contribution in [2.24, 2.45) is 0 Å². The molecular formula is C25H37O3P. The maximum Gasteiger partial charge on any atom is 0.188 e. The number of aryl methyl sites for hydroxylation is 1. The molecule has 160 valence electrons. The molecule has 0 saturated heterocycles. The van der Waals surface area contributed by atoms with Crippen LogP contribution < -0.4 is 10.0 Å². The van der Waals surface area contributed by atoms with E-state index < -0.39 is 6.10 Å². The molecule has 2 aromatic rings. The Morgan fingerprint density at radius 1 is 1.07 bits per heavy atom. The molecule has 3 unspecified atom stereocenters. The zero-order chi connectivity index (χ0) is 21.8. The van der Waals surface area contributed by atoms with Gasteiger partial charge in [0.2, 0.25) is 0 Å². The number of hydrogen-bond donors (Lipinski definition) is 1. The van der Waals surface area contributed by atoms with Crippen LogP contribution in [0.1, 0.15) is 76.3 Å². The molecule has 0 bridgehead atoms. The highest BCUT2D eigenvalue weighted by atomic mass is 31.1. The minimum atomic E-state index is -0.480.